The maximum absolute atomic E-state index is 11.6. The van der Waals surface area contributed by atoms with Gasteiger partial charge in [0.15, 0.2) is 21.2 Å². The first-order valence-corrected chi connectivity index (χ1v) is 7.76. The fraction of sp³-hybridized carbons (Fsp3) is 0.308. The lowest BCUT2D eigenvalue weighted by atomic mass is 10.1. The number of rotatable bonds is 9. The lowest BCUT2D eigenvalue weighted by Crippen LogP contribution is -2.13. The lowest BCUT2D eigenvalue weighted by molar-refractivity contribution is -0.140. The molecule has 0 heterocycles. The van der Waals surface area contributed by atoms with Gasteiger partial charge >= 0.3 is 17.9 Å². The van der Waals surface area contributed by atoms with Crippen molar-refractivity contribution in [3.05, 3.63) is 35.4 Å². The number of hydrogen-bond acceptors (Lipinski definition) is 6. The Kier molecular flexibility index (Phi) is 7.28. The van der Waals surface area contributed by atoms with Gasteiger partial charge in [0, 0.05) is 6.16 Å². The molecule has 1 aromatic carbocycles. The van der Waals surface area contributed by atoms with Gasteiger partial charge in [0.2, 0.25) is 0 Å². The van der Waals surface area contributed by atoms with Crippen molar-refractivity contribution in [3.63, 3.8) is 0 Å². The van der Waals surface area contributed by atoms with Crippen LogP contribution >= 0.6 is 8.03 Å². The molecule has 0 aliphatic carbocycles. The van der Waals surface area contributed by atoms with E-state index in [2.05, 4.69) is 9.26 Å². The number of aliphatic carboxylic acids is 2. The van der Waals surface area contributed by atoms with Crippen molar-refractivity contribution in [3.8, 4) is 0 Å². The number of carbonyl (C=O) groups is 3. The molecule has 0 amide bonds. The van der Waals surface area contributed by atoms with Gasteiger partial charge in [-0.25, -0.2) is 14.4 Å². The third kappa shape index (κ3) is 7.01. The molecule has 0 aliphatic rings. The van der Waals surface area contributed by atoms with Gasteiger partial charge in [-0.3, -0.25) is 4.57 Å². The molecule has 9 heteroatoms. The smallest absolute Gasteiger partial charge is 0.341 e. The molecule has 120 valence electrons. The van der Waals surface area contributed by atoms with Crippen molar-refractivity contribution in [1.29, 1.82) is 0 Å². The van der Waals surface area contributed by atoms with Crippen molar-refractivity contribution < 1.29 is 38.4 Å². The zero-order valence-electron chi connectivity index (χ0n) is 11.5. The Balaban J connectivity index is 2.53. The number of carboxylic acids is 2. The van der Waals surface area contributed by atoms with Crippen LogP contribution in [-0.2, 0) is 29.8 Å². The molecule has 0 saturated carbocycles. The van der Waals surface area contributed by atoms with Crippen LogP contribution in [0.15, 0.2) is 24.3 Å². The SMILES string of the molecule is O=C(O)COC(=O)c1cccc(CC[PH](=O)OCC(=O)O)c1. The predicted octanol–water partition coefficient (Wildman–Crippen LogP) is 1.05. The Morgan fingerprint density at radius 3 is 2.41 bits per heavy atom. The third-order valence-electron chi connectivity index (χ3n) is 2.46. The van der Waals surface area contributed by atoms with Crippen LogP contribution in [-0.4, -0.2) is 47.5 Å². The Morgan fingerprint density at radius 1 is 1.09 bits per heavy atom. The largest absolute Gasteiger partial charge is 0.480 e. The molecular formula is C13H15O8P. The monoisotopic (exact) mass is 330 g/mol. The van der Waals surface area contributed by atoms with Crippen LogP contribution in [0.4, 0.5) is 0 Å². The maximum Gasteiger partial charge on any atom is 0.341 e. The van der Waals surface area contributed by atoms with Gasteiger partial charge in [-0.15, -0.1) is 0 Å². The van der Waals surface area contributed by atoms with Crippen molar-refractivity contribution in [2.24, 2.45) is 0 Å². The second-order valence-electron chi connectivity index (χ2n) is 4.22. The summed E-state index contributed by atoms with van der Waals surface area (Å²) < 4.78 is 20.7. The van der Waals surface area contributed by atoms with Gasteiger partial charge in [0.25, 0.3) is 0 Å². The first-order valence-electron chi connectivity index (χ1n) is 6.23. The minimum absolute atomic E-state index is 0.144. The van der Waals surface area contributed by atoms with Crippen LogP contribution in [0.25, 0.3) is 0 Å². The van der Waals surface area contributed by atoms with E-state index in [9.17, 15) is 18.9 Å². The number of ether oxygens (including phenoxy) is 1. The summed E-state index contributed by atoms with van der Waals surface area (Å²) in [6.07, 6.45) is 0.475. The number of carbonyl (C=O) groups excluding carboxylic acids is 1. The Morgan fingerprint density at radius 2 is 1.77 bits per heavy atom. The topological polar surface area (TPSA) is 127 Å². The molecule has 0 saturated heterocycles. The summed E-state index contributed by atoms with van der Waals surface area (Å²) in [6, 6.07) is 6.25. The zero-order valence-corrected chi connectivity index (χ0v) is 12.5. The van der Waals surface area contributed by atoms with E-state index < -0.39 is 39.1 Å². The van der Waals surface area contributed by atoms with Gasteiger partial charge in [0.05, 0.1) is 5.56 Å². The van der Waals surface area contributed by atoms with E-state index in [1.54, 1.807) is 12.1 Å². The van der Waals surface area contributed by atoms with E-state index in [4.69, 9.17) is 10.2 Å². The summed E-state index contributed by atoms with van der Waals surface area (Å²) in [7, 11) is -2.46. The first kappa shape index (κ1) is 17.9. The summed E-state index contributed by atoms with van der Waals surface area (Å²) in [5.74, 6) is -3.21. The standard InChI is InChI=1S/C13H15O8P/c14-11(15)7-20-13(18)10-3-1-2-9(6-10)4-5-22(19)21-8-12(16)17/h1-3,6,22H,4-5,7-8H2,(H,14,15)(H,16,17). The maximum atomic E-state index is 11.6. The average molecular weight is 330 g/mol. The fourth-order valence-electron chi connectivity index (χ4n) is 1.53. The Bertz CT molecular complexity index is 583. The second kappa shape index (κ2) is 8.96. The molecule has 2 N–H and O–H groups in total. The second-order valence-corrected chi connectivity index (χ2v) is 5.76. The van der Waals surface area contributed by atoms with E-state index in [0.29, 0.717) is 12.0 Å². The van der Waals surface area contributed by atoms with Crippen LogP contribution in [0.1, 0.15) is 15.9 Å². The minimum Gasteiger partial charge on any atom is -0.480 e. The molecule has 22 heavy (non-hydrogen) atoms. The average Bonchev–Trinajstić information content (AvgIpc) is 2.48. The predicted molar refractivity (Wildman–Crippen MR) is 75.5 cm³/mol. The van der Waals surface area contributed by atoms with E-state index in [1.807, 2.05) is 0 Å². The lowest BCUT2D eigenvalue weighted by Gasteiger charge is -2.05. The molecule has 1 atom stereocenters. The van der Waals surface area contributed by atoms with Crippen molar-refractivity contribution in [2.75, 3.05) is 19.4 Å². The van der Waals surface area contributed by atoms with Gasteiger partial charge in [-0.1, -0.05) is 12.1 Å². The number of aryl methyl sites for hydroxylation is 1. The number of benzene rings is 1. The summed E-state index contributed by atoms with van der Waals surface area (Å²) in [4.78, 5) is 32.2. The van der Waals surface area contributed by atoms with Gasteiger partial charge < -0.3 is 19.5 Å². The zero-order chi connectivity index (χ0) is 16.5. The van der Waals surface area contributed by atoms with E-state index in [-0.39, 0.29) is 11.7 Å². The molecule has 0 aromatic heterocycles. The molecular weight excluding hydrogens is 315 g/mol. The summed E-state index contributed by atoms with van der Waals surface area (Å²) in [5.41, 5.74) is 0.868. The van der Waals surface area contributed by atoms with E-state index in [1.165, 1.54) is 12.1 Å². The summed E-state index contributed by atoms with van der Waals surface area (Å²) in [6.45, 7) is -1.33. The van der Waals surface area contributed by atoms with Crippen LogP contribution in [0, 0.1) is 0 Å². The number of esters is 1. The molecule has 0 spiro atoms. The highest BCUT2D eigenvalue weighted by Crippen LogP contribution is 2.23. The van der Waals surface area contributed by atoms with Gasteiger partial charge in [0.1, 0.15) is 0 Å². The molecule has 0 radical (unpaired) electrons. The minimum atomic E-state index is -2.46. The van der Waals surface area contributed by atoms with Gasteiger partial charge in [-0.2, -0.15) is 0 Å². The van der Waals surface area contributed by atoms with Crippen molar-refractivity contribution in [2.45, 2.75) is 6.42 Å². The molecule has 8 nitrogen and oxygen atoms in total. The molecule has 0 aliphatic heterocycles. The highest BCUT2D eigenvalue weighted by Gasteiger charge is 2.10. The van der Waals surface area contributed by atoms with Crippen LogP contribution < -0.4 is 0 Å². The fourth-order valence-corrected chi connectivity index (χ4v) is 2.45. The van der Waals surface area contributed by atoms with E-state index >= 15 is 0 Å². The quantitative estimate of drug-likeness (QED) is 0.508. The molecule has 0 bridgehead atoms. The van der Waals surface area contributed by atoms with Crippen LogP contribution in [0.2, 0.25) is 0 Å². The van der Waals surface area contributed by atoms with Crippen LogP contribution in [0.3, 0.4) is 0 Å². The molecule has 1 rings (SSSR count). The molecule has 1 unspecified atom stereocenters. The normalized spacial score (nSPS) is 11.6. The highest BCUT2D eigenvalue weighted by molar-refractivity contribution is 7.39. The molecule has 0 fully saturated rings. The highest BCUT2D eigenvalue weighted by atomic mass is 31.1. The third-order valence-corrected chi connectivity index (χ3v) is 3.59. The van der Waals surface area contributed by atoms with Crippen LogP contribution in [0.5, 0.6) is 0 Å². The van der Waals surface area contributed by atoms with Crippen molar-refractivity contribution in [1.82, 2.24) is 0 Å². The van der Waals surface area contributed by atoms with E-state index in [0.717, 1.165) is 0 Å². The van der Waals surface area contributed by atoms with Crippen molar-refractivity contribution >= 4 is 25.9 Å². The summed E-state index contributed by atoms with van der Waals surface area (Å²) >= 11 is 0. The first-order chi connectivity index (χ1) is 10.4. The Labute approximate surface area is 126 Å². The number of hydrogen-bond donors (Lipinski definition) is 2. The number of carboxylic acid groups (broad SMARTS) is 2. The Hall–Kier alpha value is -2.18. The summed E-state index contributed by atoms with van der Waals surface area (Å²) in [5, 5.41) is 16.8. The molecule has 1 aromatic rings. The van der Waals surface area contributed by atoms with Gasteiger partial charge in [-0.05, 0) is 24.1 Å².